The maximum absolute atomic E-state index is 12.6. The van der Waals surface area contributed by atoms with Crippen LogP contribution in [0.1, 0.15) is 6.92 Å². The number of nitrogens with one attached hydrogen (secondary N) is 2. The predicted octanol–water partition coefficient (Wildman–Crippen LogP) is 2.00. The van der Waals surface area contributed by atoms with Gasteiger partial charge in [-0.2, -0.15) is 0 Å². The number of rotatable bonds is 6. The maximum atomic E-state index is 12.6. The van der Waals surface area contributed by atoms with Gasteiger partial charge in [-0.1, -0.05) is 24.3 Å². The van der Waals surface area contributed by atoms with Gasteiger partial charge in [0.25, 0.3) is 0 Å². The Morgan fingerprint density at radius 3 is 2.19 bits per heavy atom. The van der Waals surface area contributed by atoms with E-state index in [0.717, 1.165) is 11.1 Å². The SMILES string of the molecule is CO[C@@H]1COC[C@@H]1NS(=O)(=O)c1ccc(-c2ccc(NC(C)=O)cc2)cc1. The van der Waals surface area contributed by atoms with Crippen LogP contribution in [0.4, 0.5) is 5.69 Å². The molecule has 0 radical (unpaired) electrons. The van der Waals surface area contributed by atoms with E-state index in [2.05, 4.69) is 10.0 Å². The molecular weight excluding hydrogens is 368 g/mol. The van der Waals surface area contributed by atoms with Gasteiger partial charge in [0.05, 0.1) is 30.3 Å². The van der Waals surface area contributed by atoms with E-state index in [4.69, 9.17) is 9.47 Å². The molecule has 8 heteroatoms. The van der Waals surface area contributed by atoms with Crippen molar-refractivity contribution in [2.75, 3.05) is 25.6 Å². The average molecular weight is 390 g/mol. The molecule has 3 rings (SSSR count). The Morgan fingerprint density at radius 1 is 1.04 bits per heavy atom. The lowest BCUT2D eigenvalue weighted by Gasteiger charge is -2.17. The molecule has 1 heterocycles. The van der Waals surface area contributed by atoms with E-state index in [9.17, 15) is 13.2 Å². The lowest BCUT2D eigenvalue weighted by atomic mass is 10.1. The summed E-state index contributed by atoms with van der Waals surface area (Å²) < 4.78 is 38.3. The zero-order valence-corrected chi connectivity index (χ0v) is 16.0. The van der Waals surface area contributed by atoms with Crippen LogP contribution in [0, 0.1) is 0 Å². The van der Waals surface area contributed by atoms with E-state index in [1.165, 1.54) is 14.0 Å². The molecule has 2 aromatic rings. The summed E-state index contributed by atoms with van der Waals surface area (Å²) in [5, 5.41) is 2.71. The van der Waals surface area contributed by atoms with Crippen molar-refractivity contribution >= 4 is 21.6 Å². The summed E-state index contributed by atoms with van der Waals surface area (Å²) in [7, 11) is -2.13. The molecule has 0 saturated carbocycles. The van der Waals surface area contributed by atoms with Crippen LogP contribution in [-0.4, -0.2) is 46.8 Å². The van der Waals surface area contributed by atoms with Gasteiger partial charge in [0.15, 0.2) is 0 Å². The van der Waals surface area contributed by atoms with Gasteiger partial charge >= 0.3 is 0 Å². The summed E-state index contributed by atoms with van der Waals surface area (Å²) in [6.07, 6.45) is -0.291. The molecular formula is C19H22N2O5S. The first-order valence-corrected chi connectivity index (χ1v) is 9.98. The molecule has 1 fully saturated rings. The fourth-order valence-corrected chi connectivity index (χ4v) is 4.17. The van der Waals surface area contributed by atoms with Crippen LogP contribution in [0.3, 0.4) is 0 Å². The summed E-state index contributed by atoms with van der Waals surface area (Å²) in [4.78, 5) is 11.3. The molecule has 27 heavy (non-hydrogen) atoms. The van der Waals surface area contributed by atoms with E-state index >= 15 is 0 Å². The van der Waals surface area contributed by atoms with Crippen molar-refractivity contribution in [1.82, 2.24) is 4.72 Å². The Labute approximate surface area is 158 Å². The molecule has 0 aromatic heterocycles. The number of carbonyl (C=O) groups is 1. The minimum absolute atomic E-state index is 0.131. The zero-order chi connectivity index (χ0) is 19.4. The van der Waals surface area contributed by atoms with Gasteiger partial charge in [-0.05, 0) is 35.4 Å². The number of ether oxygens (including phenoxy) is 2. The normalized spacial score (nSPS) is 19.8. The Balaban J connectivity index is 1.73. The number of benzene rings is 2. The third-order valence-electron chi connectivity index (χ3n) is 4.34. The Bertz CT molecular complexity index is 895. The van der Waals surface area contributed by atoms with Crippen molar-refractivity contribution in [2.45, 2.75) is 24.0 Å². The first-order valence-electron chi connectivity index (χ1n) is 8.50. The summed E-state index contributed by atoms with van der Waals surface area (Å²) in [6.45, 7) is 2.11. The molecule has 0 unspecified atom stereocenters. The summed E-state index contributed by atoms with van der Waals surface area (Å²) in [5.74, 6) is -0.131. The van der Waals surface area contributed by atoms with E-state index < -0.39 is 16.1 Å². The number of hydrogen-bond acceptors (Lipinski definition) is 5. The van der Waals surface area contributed by atoms with E-state index in [1.54, 1.807) is 36.4 Å². The Morgan fingerprint density at radius 2 is 1.63 bits per heavy atom. The van der Waals surface area contributed by atoms with Crippen molar-refractivity contribution in [3.05, 3.63) is 48.5 Å². The number of sulfonamides is 1. The van der Waals surface area contributed by atoms with Crippen molar-refractivity contribution in [3.63, 3.8) is 0 Å². The standard InChI is InChI=1S/C19H22N2O5S/c1-13(22)20-16-7-3-14(4-8-16)15-5-9-17(10-6-15)27(23,24)21-18-11-26-12-19(18)25-2/h3-10,18-19,21H,11-12H2,1-2H3,(H,20,22)/t18-,19+/m0/s1. The Kier molecular flexibility index (Phi) is 5.91. The molecule has 1 aliphatic heterocycles. The molecule has 144 valence electrons. The van der Waals surface area contributed by atoms with Crippen LogP contribution < -0.4 is 10.0 Å². The van der Waals surface area contributed by atoms with Crippen molar-refractivity contribution < 1.29 is 22.7 Å². The van der Waals surface area contributed by atoms with Crippen molar-refractivity contribution in [3.8, 4) is 11.1 Å². The molecule has 1 saturated heterocycles. The van der Waals surface area contributed by atoms with Gasteiger partial charge in [0, 0.05) is 19.7 Å². The highest BCUT2D eigenvalue weighted by molar-refractivity contribution is 7.89. The minimum atomic E-state index is -3.66. The van der Waals surface area contributed by atoms with E-state index in [-0.39, 0.29) is 23.5 Å². The highest BCUT2D eigenvalue weighted by Crippen LogP contribution is 2.23. The third kappa shape index (κ3) is 4.72. The van der Waals surface area contributed by atoms with Crippen molar-refractivity contribution in [1.29, 1.82) is 0 Å². The van der Waals surface area contributed by atoms with Gasteiger partial charge in [-0.15, -0.1) is 0 Å². The monoisotopic (exact) mass is 390 g/mol. The highest BCUT2D eigenvalue weighted by Gasteiger charge is 2.32. The van der Waals surface area contributed by atoms with Gasteiger partial charge in [0.2, 0.25) is 15.9 Å². The zero-order valence-electron chi connectivity index (χ0n) is 15.1. The van der Waals surface area contributed by atoms with Crippen LogP contribution in [-0.2, 0) is 24.3 Å². The number of anilines is 1. The summed E-state index contributed by atoms with van der Waals surface area (Å²) >= 11 is 0. The largest absolute Gasteiger partial charge is 0.377 e. The van der Waals surface area contributed by atoms with E-state index in [1.807, 2.05) is 12.1 Å². The summed E-state index contributed by atoms with van der Waals surface area (Å²) in [6, 6.07) is 13.6. The lowest BCUT2D eigenvalue weighted by molar-refractivity contribution is -0.114. The fourth-order valence-electron chi connectivity index (χ4n) is 2.92. The minimum Gasteiger partial charge on any atom is -0.377 e. The maximum Gasteiger partial charge on any atom is 0.240 e. The number of carbonyl (C=O) groups excluding carboxylic acids is 1. The quantitative estimate of drug-likeness (QED) is 0.787. The molecule has 0 aliphatic carbocycles. The molecule has 1 aliphatic rings. The van der Waals surface area contributed by atoms with Gasteiger partial charge < -0.3 is 14.8 Å². The Hall–Kier alpha value is -2.26. The molecule has 2 aromatic carbocycles. The highest BCUT2D eigenvalue weighted by atomic mass is 32.2. The molecule has 1 amide bonds. The molecule has 2 atom stereocenters. The molecule has 7 nitrogen and oxygen atoms in total. The van der Waals surface area contributed by atoms with E-state index in [0.29, 0.717) is 12.3 Å². The van der Waals surface area contributed by atoms with Crippen LogP contribution in [0.2, 0.25) is 0 Å². The van der Waals surface area contributed by atoms with Crippen LogP contribution in [0.25, 0.3) is 11.1 Å². The molecule has 0 spiro atoms. The predicted molar refractivity (Wildman–Crippen MR) is 102 cm³/mol. The van der Waals surface area contributed by atoms with Crippen molar-refractivity contribution in [2.24, 2.45) is 0 Å². The number of amides is 1. The van der Waals surface area contributed by atoms with Gasteiger partial charge in [-0.25, -0.2) is 13.1 Å². The van der Waals surface area contributed by atoms with Crippen LogP contribution in [0.5, 0.6) is 0 Å². The third-order valence-corrected chi connectivity index (χ3v) is 5.85. The summed E-state index contributed by atoms with van der Waals surface area (Å²) in [5.41, 5.74) is 2.51. The second-order valence-corrected chi connectivity index (χ2v) is 8.04. The first kappa shape index (κ1) is 19.5. The smallest absolute Gasteiger partial charge is 0.240 e. The van der Waals surface area contributed by atoms with Crippen LogP contribution >= 0.6 is 0 Å². The van der Waals surface area contributed by atoms with Gasteiger partial charge in [-0.3, -0.25) is 4.79 Å². The number of hydrogen-bond donors (Lipinski definition) is 2. The van der Waals surface area contributed by atoms with Gasteiger partial charge in [0.1, 0.15) is 0 Å². The average Bonchev–Trinajstić information content (AvgIpc) is 3.08. The molecule has 2 N–H and O–H groups in total. The second kappa shape index (κ2) is 8.18. The lowest BCUT2D eigenvalue weighted by Crippen LogP contribution is -2.43. The molecule has 0 bridgehead atoms. The topological polar surface area (TPSA) is 93.7 Å². The first-order chi connectivity index (χ1) is 12.9. The fraction of sp³-hybridized carbons (Fsp3) is 0.316. The second-order valence-electron chi connectivity index (χ2n) is 6.32. The number of methoxy groups -OCH3 is 1. The van der Waals surface area contributed by atoms with Crippen LogP contribution in [0.15, 0.2) is 53.4 Å².